The third-order valence-electron chi connectivity index (χ3n) is 3.42. The van der Waals surface area contributed by atoms with Gasteiger partial charge in [-0.2, -0.15) is 0 Å². The van der Waals surface area contributed by atoms with E-state index >= 15 is 0 Å². The van der Waals surface area contributed by atoms with Gasteiger partial charge in [0.25, 0.3) is 0 Å². The summed E-state index contributed by atoms with van der Waals surface area (Å²) >= 11 is 0. The van der Waals surface area contributed by atoms with Crippen LogP contribution in [0.2, 0.25) is 0 Å². The summed E-state index contributed by atoms with van der Waals surface area (Å²) < 4.78 is 0. The van der Waals surface area contributed by atoms with Crippen molar-refractivity contribution >= 4 is 0 Å². The van der Waals surface area contributed by atoms with Gasteiger partial charge >= 0.3 is 0 Å². The minimum Gasteiger partial charge on any atom is -0.256 e. The average molecular weight is 259 g/mol. The molecule has 0 amide bonds. The maximum Gasteiger partial charge on any atom is 0.0704 e. The van der Waals surface area contributed by atoms with Crippen LogP contribution in [0.3, 0.4) is 0 Å². The van der Waals surface area contributed by atoms with Gasteiger partial charge in [0.2, 0.25) is 0 Å². The summed E-state index contributed by atoms with van der Waals surface area (Å²) in [6.07, 6.45) is 2.84. The number of aryl methyl sites for hydroxylation is 1. The molecule has 1 nitrogen and oxygen atoms in total. The van der Waals surface area contributed by atoms with Crippen LogP contribution in [0.15, 0.2) is 72.9 Å². The van der Waals surface area contributed by atoms with E-state index in [9.17, 15) is 0 Å². The molecule has 0 N–H and O–H groups in total. The van der Waals surface area contributed by atoms with Gasteiger partial charge in [-0.15, -0.1) is 0 Å². The average Bonchev–Trinajstić information content (AvgIpc) is 2.51. The maximum absolute atomic E-state index is 4.47. The number of rotatable bonds is 3. The van der Waals surface area contributed by atoms with Gasteiger partial charge in [-0.25, -0.2) is 0 Å². The minimum atomic E-state index is 0.947. The summed E-state index contributed by atoms with van der Waals surface area (Å²) in [6, 6.07) is 23.3. The van der Waals surface area contributed by atoms with E-state index in [4.69, 9.17) is 0 Å². The molecule has 0 aliphatic rings. The van der Waals surface area contributed by atoms with E-state index in [-0.39, 0.29) is 0 Å². The van der Waals surface area contributed by atoms with E-state index < -0.39 is 0 Å². The molecule has 3 aromatic rings. The zero-order valence-electron chi connectivity index (χ0n) is 11.6. The van der Waals surface area contributed by atoms with Gasteiger partial charge in [0.05, 0.1) is 5.69 Å². The highest BCUT2D eigenvalue weighted by Gasteiger charge is 2.01. The van der Waals surface area contributed by atoms with Crippen molar-refractivity contribution in [3.8, 4) is 11.3 Å². The number of hydrogen-bond donors (Lipinski definition) is 0. The lowest BCUT2D eigenvalue weighted by Crippen LogP contribution is -1.91. The van der Waals surface area contributed by atoms with Crippen molar-refractivity contribution in [3.63, 3.8) is 0 Å². The molecule has 0 bridgehead atoms. The molecule has 0 aliphatic heterocycles. The molecule has 0 radical (unpaired) electrons. The van der Waals surface area contributed by atoms with Crippen molar-refractivity contribution < 1.29 is 0 Å². The molecule has 0 unspecified atom stereocenters. The number of hydrogen-bond acceptors (Lipinski definition) is 1. The summed E-state index contributed by atoms with van der Waals surface area (Å²) in [4.78, 5) is 4.47. The Morgan fingerprint density at radius 3 is 2.30 bits per heavy atom. The Labute approximate surface area is 119 Å². The van der Waals surface area contributed by atoms with Crippen LogP contribution >= 0.6 is 0 Å². The van der Waals surface area contributed by atoms with E-state index in [0.717, 1.165) is 12.1 Å². The van der Waals surface area contributed by atoms with E-state index in [2.05, 4.69) is 60.4 Å². The highest BCUT2D eigenvalue weighted by Crippen LogP contribution is 2.19. The number of benzene rings is 2. The van der Waals surface area contributed by atoms with Gasteiger partial charge in [0.1, 0.15) is 0 Å². The van der Waals surface area contributed by atoms with Crippen molar-refractivity contribution in [2.75, 3.05) is 0 Å². The summed E-state index contributed by atoms with van der Waals surface area (Å²) in [7, 11) is 0. The second-order valence-corrected chi connectivity index (χ2v) is 5.08. The minimum absolute atomic E-state index is 0.947. The van der Waals surface area contributed by atoms with Gasteiger partial charge < -0.3 is 0 Å². The van der Waals surface area contributed by atoms with Gasteiger partial charge in [0.15, 0.2) is 0 Å². The van der Waals surface area contributed by atoms with E-state index in [1.54, 1.807) is 0 Å². The number of aromatic nitrogens is 1. The van der Waals surface area contributed by atoms with Crippen LogP contribution in [-0.2, 0) is 6.42 Å². The largest absolute Gasteiger partial charge is 0.256 e. The Morgan fingerprint density at radius 2 is 1.55 bits per heavy atom. The molecule has 3 rings (SSSR count). The van der Waals surface area contributed by atoms with Crippen LogP contribution in [0, 0.1) is 6.92 Å². The molecule has 20 heavy (non-hydrogen) atoms. The lowest BCUT2D eigenvalue weighted by atomic mass is 10.0. The van der Waals surface area contributed by atoms with Crippen molar-refractivity contribution in [2.45, 2.75) is 13.3 Å². The predicted molar refractivity (Wildman–Crippen MR) is 83.7 cm³/mol. The van der Waals surface area contributed by atoms with Crippen LogP contribution in [0.25, 0.3) is 11.3 Å². The van der Waals surface area contributed by atoms with Gasteiger partial charge in [-0.05, 0) is 36.6 Å². The zero-order chi connectivity index (χ0) is 13.8. The molecule has 1 aromatic heterocycles. The zero-order valence-corrected chi connectivity index (χ0v) is 11.6. The topological polar surface area (TPSA) is 12.9 Å². The Bertz CT molecular complexity index is 684. The van der Waals surface area contributed by atoms with Crippen LogP contribution in [0.4, 0.5) is 0 Å². The normalized spacial score (nSPS) is 10.4. The van der Waals surface area contributed by atoms with E-state index in [1.807, 2.05) is 24.4 Å². The monoisotopic (exact) mass is 259 g/mol. The molecule has 1 heteroatoms. The highest BCUT2D eigenvalue weighted by atomic mass is 14.7. The SMILES string of the molecule is Cc1ccc(Cc2ccnc(-c3ccccc3)c2)cc1. The molecule has 0 aliphatic carbocycles. The first kappa shape index (κ1) is 12.6. The maximum atomic E-state index is 4.47. The molecule has 0 saturated carbocycles. The molecular formula is C19H17N. The van der Waals surface area contributed by atoms with Crippen molar-refractivity contribution in [1.29, 1.82) is 0 Å². The molecule has 98 valence electrons. The molecule has 0 saturated heterocycles. The first-order valence-corrected chi connectivity index (χ1v) is 6.87. The quantitative estimate of drug-likeness (QED) is 0.667. The van der Waals surface area contributed by atoms with Crippen LogP contribution in [-0.4, -0.2) is 4.98 Å². The summed E-state index contributed by atoms with van der Waals surface area (Å²) in [5, 5.41) is 0. The summed E-state index contributed by atoms with van der Waals surface area (Å²) in [5.41, 5.74) is 6.13. The van der Waals surface area contributed by atoms with Crippen LogP contribution in [0.5, 0.6) is 0 Å². The lowest BCUT2D eigenvalue weighted by molar-refractivity contribution is 1.16. The fourth-order valence-corrected chi connectivity index (χ4v) is 2.29. The van der Waals surface area contributed by atoms with Gasteiger partial charge in [0, 0.05) is 11.8 Å². The highest BCUT2D eigenvalue weighted by molar-refractivity contribution is 5.59. The Kier molecular flexibility index (Phi) is 3.60. The summed E-state index contributed by atoms with van der Waals surface area (Å²) in [5.74, 6) is 0. The van der Waals surface area contributed by atoms with Crippen molar-refractivity contribution in [3.05, 3.63) is 89.6 Å². The lowest BCUT2D eigenvalue weighted by Gasteiger charge is -2.05. The fourth-order valence-electron chi connectivity index (χ4n) is 2.29. The molecule has 0 fully saturated rings. The summed E-state index contributed by atoms with van der Waals surface area (Å²) in [6.45, 7) is 2.11. The molecule has 2 aromatic carbocycles. The standard InChI is InChI=1S/C19H17N/c1-15-7-9-16(10-8-15)13-17-11-12-20-19(14-17)18-5-3-2-4-6-18/h2-12,14H,13H2,1H3. The third kappa shape index (κ3) is 2.94. The first-order chi connectivity index (χ1) is 9.81. The smallest absolute Gasteiger partial charge is 0.0704 e. The number of pyridine rings is 1. The van der Waals surface area contributed by atoms with Crippen molar-refractivity contribution in [2.24, 2.45) is 0 Å². The Morgan fingerprint density at radius 1 is 0.800 bits per heavy atom. The number of nitrogens with zero attached hydrogens (tertiary/aromatic N) is 1. The first-order valence-electron chi connectivity index (χ1n) is 6.87. The molecular weight excluding hydrogens is 242 g/mol. The van der Waals surface area contributed by atoms with E-state index in [1.165, 1.54) is 22.3 Å². The second-order valence-electron chi connectivity index (χ2n) is 5.08. The van der Waals surface area contributed by atoms with Crippen LogP contribution in [0.1, 0.15) is 16.7 Å². The van der Waals surface area contributed by atoms with E-state index in [0.29, 0.717) is 0 Å². The third-order valence-corrected chi connectivity index (χ3v) is 3.42. The second kappa shape index (κ2) is 5.70. The van der Waals surface area contributed by atoms with Gasteiger partial charge in [-0.3, -0.25) is 4.98 Å². The Balaban J connectivity index is 1.86. The Hall–Kier alpha value is -2.41. The molecule has 0 spiro atoms. The van der Waals surface area contributed by atoms with Gasteiger partial charge in [-0.1, -0.05) is 60.2 Å². The van der Waals surface area contributed by atoms with Crippen molar-refractivity contribution in [1.82, 2.24) is 4.98 Å². The molecule has 0 atom stereocenters. The molecule has 1 heterocycles. The van der Waals surface area contributed by atoms with Crippen LogP contribution < -0.4 is 0 Å². The predicted octanol–water partition coefficient (Wildman–Crippen LogP) is 4.65. The fraction of sp³-hybridized carbons (Fsp3) is 0.105.